The second kappa shape index (κ2) is 4.85. The van der Waals surface area contributed by atoms with Crippen molar-refractivity contribution in [3.05, 3.63) is 23.5 Å². The van der Waals surface area contributed by atoms with Gasteiger partial charge in [-0.05, 0) is 44.9 Å². The second-order valence-electron chi connectivity index (χ2n) is 4.99. The summed E-state index contributed by atoms with van der Waals surface area (Å²) in [5.74, 6) is -0.761. The van der Waals surface area contributed by atoms with Gasteiger partial charge in [0.05, 0.1) is 0 Å². The van der Waals surface area contributed by atoms with E-state index in [1.807, 2.05) is 6.92 Å². The van der Waals surface area contributed by atoms with Crippen LogP contribution < -0.4 is 10.5 Å². The molecule has 0 atom stereocenters. The molecule has 0 aliphatic heterocycles. The topological polar surface area (TPSA) is 72.2 Å². The molecule has 0 radical (unpaired) electrons. The molecule has 0 fully saturated rings. The van der Waals surface area contributed by atoms with Gasteiger partial charge >= 0.3 is 0 Å². The lowest BCUT2D eigenvalue weighted by molar-refractivity contribution is 0.437. The van der Waals surface area contributed by atoms with E-state index >= 15 is 0 Å². The fourth-order valence-electron chi connectivity index (χ4n) is 1.45. The largest absolute Gasteiger partial charge is 0.399 e. The molecular weight excluding hydrogens is 255 g/mol. The normalized spacial score (nSPS) is 12.7. The van der Waals surface area contributed by atoms with Gasteiger partial charge < -0.3 is 5.73 Å². The van der Waals surface area contributed by atoms with Crippen LogP contribution in [0.1, 0.15) is 32.8 Å². The summed E-state index contributed by atoms with van der Waals surface area (Å²) in [5.41, 5.74) is 5.37. The molecule has 3 N–H and O–H groups in total. The molecular formula is C12H19FN2O2S. The third-order valence-corrected chi connectivity index (χ3v) is 4.52. The Morgan fingerprint density at radius 1 is 1.39 bits per heavy atom. The van der Waals surface area contributed by atoms with Gasteiger partial charge in [-0.25, -0.2) is 17.5 Å². The Balaban J connectivity index is 3.30. The number of nitrogens with one attached hydrogen (secondary N) is 1. The van der Waals surface area contributed by atoms with E-state index in [1.165, 1.54) is 13.0 Å². The fraction of sp³-hybridized carbons (Fsp3) is 0.500. The van der Waals surface area contributed by atoms with Crippen molar-refractivity contribution in [1.29, 1.82) is 0 Å². The smallest absolute Gasteiger partial charge is 0.244 e. The van der Waals surface area contributed by atoms with Crippen molar-refractivity contribution >= 4 is 15.7 Å². The van der Waals surface area contributed by atoms with E-state index in [1.54, 1.807) is 13.8 Å². The van der Waals surface area contributed by atoms with Crippen LogP contribution in [0.15, 0.2) is 17.0 Å². The van der Waals surface area contributed by atoms with Gasteiger partial charge in [-0.3, -0.25) is 0 Å². The first-order chi connectivity index (χ1) is 8.09. The summed E-state index contributed by atoms with van der Waals surface area (Å²) >= 11 is 0. The van der Waals surface area contributed by atoms with Crippen LogP contribution in [-0.4, -0.2) is 14.0 Å². The Labute approximate surface area is 107 Å². The van der Waals surface area contributed by atoms with E-state index in [-0.39, 0.29) is 11.3 Å². The minimum absolute atomic E-state index is 0.213. The van der Waals surface area contributed by atoms with Gasteiger partial charge in [0.2, 0.25) is 10.0 Å². The third kappa shape index (κ3) is 3.20. The monoisotopic (exact) mass is 274 g/mol. The van der Waals surface area contributed by atoms with Gasteiger partial charge in [0, 0.05) is 11.2 Å². The minimum atomic E-state index is -3.91. The molecule has 0 saturated heterocycles. The average molecular weight is 274 g/mol. The van der Waals surface area contributed by atoms with E-state index in [4.69, 9.17) is 5.73 Å². The number of halogens is 1. The molecule has 6 heteroatoms. The predicted molar refractivity (Wildman–Crippen MR) is 70.2 cm³/mol. The number of benzene rings is 1. The van der Waals surface area contributed by atoms with Crippen molar-refractivity contribution in [3.8, 4) is 0 Å². The highest BCUT2D eigenvalue weighted by atomic mass is 32.2. The van der Waals surface area contributed by atoms with Crippen molar-refractivity contribution in [2.24, 2.45) is 0 Å². The molecule has 0 aliphatic rings. The average Bonchev–Trinajstić information content (AvgIpc) is 2.21. The summed E-state index contributed by atoms with van der Waals surface area (Å²) in [7, 11) is -3.91. The number of nitrogens with two attached hydrogens (primary N) is 1. The molecule has 0 saturated carbocycles. The van der Waals surface area contributed by atoms with Crippen LogP contribution in [0.5, 0.6) is 0 Å². The van der Waals surface area contributed by atoms with E-state index in [2.05, 4.69) is 4.72 Å². The zero-order valence-corrected chi connectivity index (χ0v) is 11.9. The molecule has 0 aromatic heterocycles. The quantitative estimate of drug-likeness (QED) is 0.827. The van der Waals surface area contributed by atoms with E-state index < -0.39 is 26.3 Å². The van der Waals surface area contributed by atoms with E-state index in [0.717, 1.165) is 6.07 Å². The van der Waals surface area contributed by atoms with Gasteiger partial charge in [0.15, 0.2) is 0 Å². The molecule has 0 amide bonds. The number of hydrogen-bond acceptors (Lipinski definition) is 3. The Hall–Kier alpha value is -1.14. The lowest BCUT2D eigenvalue weighted by atomic mass is 10.0. The first-order valence-corrected chi connectivity index (χ1v) is 7.17. The first-order valence-electron chi connectivity index (χ1n) is 5.68. The molecule has 0 bridgehead atoms. The molecule has 0 aliphatic carbocycles. The molecule has 4 nitrogen and oxygen atoms in total. The fourth-order valence-corrected chi connectivity index (χ4v) is 3.12. The lowest BCUT2D eigenvalue weighted by Crippen LogP contribution is -2.43. The van der Waals surface area contributed by atoms with Gasteiger partial charge in [-0.2, -0.15) is 0 Å². The second-order valence-corrected chi connectivity index (χ2v) is 6.64. The molecule has 1 rings (SSSR count). The summed E-state index contributed by atoms with van der Waals surface area (Å²) < 4.78 is 40.6. The van der Waals surface area contributed by atoms with Crippen molar-refractivity contribution in [1.82, 2.24) is 4.72 Å². The molecule has 0 spiro atoms. The Morgan fingerprint density at radius 3 is 2.44 bits per heavy atom. The Bertz CT molecular complexity index is 553. The van der Waals surface area contributed by atoms with Crippen LogP contribution in [-0.2, 0) is 10.0 Å². The molecule has 0 unspecified atom stereocenters. The highest BCUT2D eigenvalue weighted by Gasteiger charge is 2.27. The standard InChI is InChI=1S/C12H19FN2O2S/c1-5-12(3,4)15-18(16,17)10-7-9(14)6-8(2)11(10)13/h6-7,15H,5,14H2,1-4H3. The van der Waals surface area contributed by atoms with Crippen molar-refractivity contribution in [3.63, 3.8) is 0 Å². The van der Waals surface area contributed by atoms with E-state index in [9.17, 15) is 12.8 Å². The van der Waals surface area contributed by atoms with Crippen LogP contribution in [0.2, 0.25) is 0 Å². The predicted octanol–water partition coefficient (Wildman–Crippen LogP) is 2.18. The summed E-state index contributed by atoms with van der Waals surface area (Å²) in [6.45, 7) is 6.81. The van der Waals surface area contributed by atoms with Crippen molar-refractivity contribution < 1.29 is 12.8 Å². The molecule has 0 heterocycles. The summed E-state index contributed by atoms with van der Waals surface area (Å²) in [6.07, 6.45) is 0.592. The Morgan fingerprint density at radius 2 is 1.94 bits per heavy atom. The number of hydrogen-bond donors (Lipinski definition) is 2. The third-order valence-electron chi connectivity index (χ3n) is 2.83. The van der Waals surface area contributed by atoms with Gasteiger partial charge in [-0.15, -0.1) is 0 Å². The van der Waals surface area contributed by atoms with Crippen LogP contribution in [0.4, 0.5) is 10.1 Å². The highest BCUT2D eigenvalue weighted by molar-refractivity contribution is 7.89. The molecule has 1 aromatic carbocycles. The van der Waals surface area contributed by atoms with Gasteiger partial charge in [0.1, 0.15) is 10.7 Å². The summed E-state index contributed by atoms with van der Waals surface area (Å²) in [5, 5.41) is 0. The highest BCUT2D eigenvalue weighted by Crippen LogP contribution is 2.23. The number of nitrogen functional groups attached to an aromatic ring is 1. The zero-order chi connectivity index (χ0) is 14.1. The van der Waals surface area contributed by atoms with E-state index in [0.29, 0.717) is 6.42 Å². The van der Waals surface area contributed by atoms with Crippen LogP contribution in [0, 0.1) is 12.7 Å². The Kier molecular flexibility index (Phi) is 4.02. The van der Waals surface area contributed by atoms with Crippen molar-refractivity contribution in [2.75, 3.05) is 5.73 Å². The molecule has 102 valence electrons. The summed E-state index contributed by atoms with van der Waals surface area (Å²) in [4.78, 5) is -0.401. The lowest BCUT2D eigenvalue weighted by Gasteiger charge is -2.24. The number of aryl methyl sites for hydroxylation is 1. The maximum atomic E-state index is 13.9. The zero-order valence-electron chi connectivity index (χ0n) is 11.0. The maximum Gasteiger partial charge on any atom is 0.244 e. The SMILES string of the molecule is CCC(C)(C)NS(=O)(=O)c1cc(N)cc(C)c1F. The number of anilines is 1. The van der Waals surface area contributed by atoms with Crippen LogP contribution in [0.25, 0.3) is 0 Å². The van der Waals surface area contributed by atoms with Crippen LogP contribution >= 0.6 is 0 Å². The van der Waals surface area contributed by atoms with Gasteiger partial charge in [0.25, 0.3) is 0 Å². The molecule has 1 aromatic rings. The molecule has 18 heavy (non-hydrogen) atoms. The minimum Gasteiger partial charge on any atom is -0.399 e. The maximum absolute atomic E-state index is 13.9. The number of sulfonamides is 1. The first kappa shape index (κ1) is 14.9. The van der Waals surface area contributed by atoms with Crippen LogP contribution in [0.3, 0.4) is 0 Å². The van der Waals surface area contributed by atoms with Crippen molar-refractivity contribution in [2.45, 2.75) is 44.6 Å². The van der Waals surface area contributed by atoms with Gasteiger partial charge in [-0.1, -0.05) is 6.92 Å². The summed E-state index contributed by atoms with van der Waals surface area (Å²) in [6, 6.07) is 2.54. The number of rotatable bonds is 4.